The Kier molecular flexibility index (Phi) is 3.10. The van der Waals surface area contributed by atoms with Crippen LogP contribution in [0.2, 0.25) is 0 Å². The Morgan fingerprint density at radius 1 is 1.06 bits per heavy atom. The lowest BCUT2D eigenvalue weighted by Gasteiger charge is -2.07. The third kappa shape index (κ3) is 2.76. The second-order valence-electron chi connectivity index (χ2n) is 3.85. The summed E-state index contributed by atoms with van der Waals surface area (Å²) < 4.78 is 5.65. The molecule has 2 aromatic rings. The third-order valence-electron chi connectivity index (χ3n) is 2.35. The van der Waals surface area contributed by atoms with Gasteiger partial charge < -0.3 is 10.5 Å². The SMILES string of the molecule is Cc1cccc(COc2cccc(N)c2)c1. The van der Waals surface area contributed by atoms with Crippen LogP contribution in [0, 0.1) is 6.92 Å². The first-order valence-electron chi connectivity index (χ1n) is 5.28. The Morgan fingerprint density at radius 3 is 2.62 bits per heavy atom. The highest BCUT2D eigenvalue weighted by atomic mass is 16.5. The Balaban J connectivity index is 2.02. The lowest BCUT2D eigenvalue weighted by Crippen LogP contribution is -1.96. The molecule has 2 N–H and O–H groups in total. The van der Waals surface area contributed by atoms with Gasteiger partial charge in [0.1, 0.15) is 12.4 Å². The van der Waals surface area contributed by atoms with E-state index in [4.69, 9.17) is 10.5 Å². The molecule has 0 aliphatic carbocycles. The van der Waals surface area contributed by atoms with Crippen LogP contribution in [0.25, 0.3) is 0 Å². The van der Waals surface area contributed by atoms with E-state index in [-0.39, 0.29) is 0 Å². The average Bonchev–Trinajstić information content (AvgIpc) is 2.27. The number of benzene rings is 2. The van der Waals surface area contributed by atoms with Crippen LogP contribution < -0.4 is 10.5 Å². The van der Waals surface area contributed by atoms with Gasteiger partial charge in [-0.2, -0.15) is 0 Å². The van der Waals surface area contributed by atoms with Crippen molar-refractivity contribution in [3.63, 3.8) is 0 Å². The number of anilines is 1. The summed E-state index contributed by atoms with van der Waals surface area (Å²) >= 11 is 0. The van der Waals surface area contributed by atoms with Crippen molar-refractivity contribution in [1.82, 2.24) is 0 Å². The Bertz CT molecular complexity index is 434. The van der Waals surface area contributed by atoms with E-state index >= 15 is 0 Å². The molecule has 2 aromatic carbocycles. The first kappa shape index (κ1) is 10.6. The number of nitrogens with two attached hydrogens (primary N) is 1. The van der Waals surface area contributed by atoms with Gasteiger partial charge in [-0.1, -0.05) is 35.9 Å². The van der Waals surface area contributed by atoms with Crippen molar-refractivity contribution >= 4 is 5.69 Å². The zero-order valence-electron chi connectivity index (χ0n) is 9.31. The highest BCUT2D eigenvalue weighted by Crippen LogP contribution is 2.16. The molecule has 0 aliphatic rings. The minimum atomic E-state index is 0.575. The fourth-order valence-corrected chi connectivity index (χ4v) is 1.57. The van der Waals surface area contributed by atoms with Crippen LogP contribution >= 0.6 is 0 Å². The van der Waals surface area contributed by atoms with Gasteiger partial charge in [-0.25, -0.2) is 0 Å². The fraction of sp³-hybridized carbons (Fsp3) is 0.143. The van der Waals surface area contributed by atoms with Crippen molar-refractivity contribution in [2.45, 2.75) is 13.5 Å². The summed E-state index contributed by atoms with van der Waals surface area (Å²) in [5.74, 6) is 0.807. The zero-order valence-corrected chi connectivity index (χ0v) is 9.31. The number of hydrogen-bond donors (Lipinski definition) is 1. The molecular formula is C14H15NO. The van der Waals surface area contributed by atoms with Crippen molar-refractivity contribution in [3.8, 4) is 5.75 Å². The van der Waals surface area contributed by atoms with Crippen LogP contribution in [0.4, 0.5) is 5.69 Å². The Hall–Kier alpha value is -1.96. The van der Waals surface area contributed by atoms with Gasteiger partial charge in [0.25, 0.3) is 0 Å². The standard InChI is InChI=1S/C14H15NO/c1-11-4-2-5-12(8-11)10-16-14-7-3-6-13(15)9-14/h2-9H,10,15H2,1H3. The predicted octanol–water partition coefficient (Wildman–Crippen LogP) is 3.16. The van der Waals surface area contributed by atoms with E-state index in [0.29, 0.717) is 6.61 Å². The summed E-state index contributed by atoms with van der Waals surface area (Å²) in [5, 5.41) is 0. The van der Waals surface area contributed by atoms with Gasteiger partial charge >= 0.3 is 0 Å². The molecule has 0 aliphatic heterocycles. The van der Waals surface area contributed by atoms with Gasteiger partial charge in [-0.05, 0) is 24.6 Å². The first-order valence-corrected chi connectivity index (χ1v) is 5.28. The summed E-state index contributed by atoms with van der Waals surface area (Å²) in [4.78, 5) is 0. The molecule has 0 spiro atoms. The number of ether oxygens (including phenoxy) is 1. The van der Waals surface area contributed by atoms with Crippen LogP contribution in [0.5, 0.6) is 5.75 Å². The van der Waals surface area contributed by atoms with E-state index < -0.39 is 0 Å². The second kappa shape index (κ2) is 4.71. The first-order chi connectivity index (χ1) is 7.74. The number of rotatable bonds is 3. The lowest BCUT2D eigenvalue weighted by molar-refractivity contribution is 0.306. The summed E-state index contributed by atoms with van der Waals surface area (Å²) in [7, 11) is 0. The Morgan fingerprint density at radius 2 is 1.88 bits per heavy atom. The van der Waals surface area contributed by atoms with Crippen molar-refractivity contribution in [1.29, 1.82) is 0 Å². The molecule has 0 fully saturated rings. The number of aryl methyl sites for hydroxylation is 1. The molecule has 0 saturated carbocycles. The molecule has 82 valence electrons. The molecule has 2 rings (SSSR count). The van der Waals surface area contributed by atoms with Gasteiger partial charge in [0.2, 0.25) is 0 Å². The van der Waals surface area contributed by atoms with Crippen molar-refractivity contribution in [3.05, 3.63) is 59.7 Å². The normalized spacial score (nSPS) is 10.1. The smallest absolute Gasteiger partial charge is 0.121 e. The van der Waals surface area contributed by atoms with Crippen LogP contribution in [0.1, 0.15) is 11.1 Å². The van der Waals surface area contributed by atoms with Crippen molar-refractivity contribution < 1.29 is 4.74 Å². The topological polar surface area (TPSA) is 35.2 Å². The molecule has 16 heavy (non-hydrogen) atoms. The van der Waals surface area contributed by atoms with Crippen LogP contribution in [0.15, 0.2) is 48.5 Å². The molecule has 0 bridgehead atoms. The molecule has 0 saturated heterocycles. The maximum atomic E-state index is 5.67. The molecule has 0 radical (unpaired) electrons. The monoisotopic (exact) mass is 213 g/mol. The highest BCUT2D eigenvalue weighted by molar-refractivity contribution is 5.43. The Labute approximate surface area is 95.7 Å². The quantitative estimate of drug-likeness (QED) is 0.795. The van der Waals surface area contributed by atoms with Gasteiger partial charge in [0.15, 0.2) is 0 Å². The largest absolute Gasteiger partial charge is 0.489 e. The summed E-state index contributed by atoms with van der Waals surface area (Å²) in [5.41, 5.74) is 8.81. The van der Waals surface area contributed by atoms with E-state index in [1.807, 2.05) is 30.3 Å². The molecule has 2 heteroatoms. The molecule has 0 unspecified atom stereocenters. The van der Waals surface area contributed by atoms with Crippen molar-refractivity contribution in [2.24, 2.45) is 0 Å². The molecule has 0 amide bonds. The maximum Gasteiger partial charge on any atom is 0.121 e. The van der Waals surface area contributed by atoms with Crippen LogP contribution in [0.3, 0.4) is 0 Å². The highest BCUT2D eigenvalue weighted by Gasteiger charge is 1.96. The summed E-state index contributed by atoms with van der Waals surface area (Å²) in [6.45, 7) is 2.65. The van der Waals surface area contributed by atoms with E-state index in [9.17, 15) is 0 Å². The van der Waals surface area contributed by atoms with Crippen molar-refractivity contribution in [2.75, 3.05) is 5.73 Å². The number of hydrogen-bond acceptors (Lipinski definition) is 2. The van der Waals surface area contributed by atoms with Gasteiger partial charge in [0.05, 0.1) is 0 Å². The molecule has 0 atom stereocenters. The molecular weight excluding hydrogens is 198 g/mol. The summed E-state index contributed by atoms with van der Waals surface area (Å²) in [6, 6.07) is 15.8. The number of nitrogen functional groups attached to an aromatic ring is 1. The zero-order chi connectivity index (χ0) is 11.4. The second-order valence-corrected chi connectivity index (χ2v) is 3.85. The lowest BCUT2D eigenvalue weighted by atomic mass is 10.1. The van der Waals surface area contributed by atoms with Gasteiger partial charge in [0, 0.05) is 11.8 Å². The van der Waals surface area contributed by atoms with E-state index in [1.165, 1.54) is 11.1 Å². The van der Waals surface area contributed by atoms with Gasteiger partial charge in [-0.3, -0.25) is 0 Å². The molecule has 2 nitrogen and oxygen atoms in total. The van der Waals surface area contributed by atoms with Crippen LogP contribution in [-0.4, -0.2) is 0 Å². The minimum Gasteiger partial charge on any atom is -0.489 e. The molecule has 0 aromatic heterocycles. The van der Waals surface area contributed by atoms with E-state index in [0.717, 1.165) is 11.4 Å². The van der Waals surface area contributed by atoms with E-state index in [1.54, 1.807) is 0 Å². The maximum absolute atomic E-state index is 5.67. The summed E-state index contributed by atoms with van der Waals surface area (Å²) in [6.07, 6.45) is 0. The predicted molar refractivity (Wildman–Crippen MR) is 66.4 cm³/mol. The third-order valence-corrected chi connectivity index (χ3v) is 2.35. The van der Waals surface area contributed by atoms with Crippen LogP contribution in [-0.2, 0) is 6.61 Å². The minimum absolute atomic E-state index is 0.575. The molecule has 0 heterocycles. The fourth-order valence-electron chi connectivity index (χ4n) is 1.57. The average molecular weight is 213 g/mol. The van der Waals surface area contributed by atoms with E-state index in [2.05, 4.69) is 25.1 Å². The van der Waals surface area contributed by atoms with Gasteiger partial charge in [-0.15, -0.1) is 0 Å².